The Morgan fingerprint density at radius 2 is 1.71 bits per heavy atom. The maximum Gasteiger partial charge on any atom is 0.262 e. The Balaban J connectivity index is 1.55. The Morgan fingerprint density at radius 3 is 2.46 bits per heavy atom. The lowest BCUT2D eigenvalue weighted by molar-refractivity contribution is -0.128. The highest BCUT2D eigenvalue weighted by Crippen LogP contribution is 2.09. The van der Waals surface area contributed by atoms with Crippen molar-refractivity contribution in [2.45, 2.75) is 19.4 Å². The van der Waals surface area contributed by atoms with E-state index in [0.29, 0.717) is 15.9 Å². The van der Waals surface area contributed by atoms with Crippen LogP contribution in [0, 0.1) is 4.77 Å². The molecule has 9 heteroatoms. The molecular formula is C19H17ClN4O3S. The van der Waals surface area contributed by atoms with E-state index in [1.165, 1.54) is 4.57 Å². The van der Waals surface area contributed by atoms with E-state index in [2.05, 4.69) is 15.8 Å². The van der Waals surface area contributed by atoms with E-state index in [4.69, 9.17) is 23.8 Å². The first kappa shape index (κ1) is 19.8. The number of aromatic amines is 1. The molecule has 0 aliphatic rings. The minimum atomic E-state index is -0.432. The van der Waals surface area contributed by atoms with Crippen LogP contribution in [-0.4, -0.2) is 21.4 Å². The van der Waals surface area contributed by atoms with Crippen molar-refractivity contribution in [3.8, 4) is 0 Å². The van der Waals surface area contributed by atoms with Gasteiger partial charge in [0.05, 0.1) is 17.3 Å². The molecule has 1 aromatic heterocycles. The molecule has 0 aliphatic heterocycles. The van der Waals surface area contributed by atoms with Gasteiger partial charge in [-0.05, 0) is 42.0 Å². The fourth-order valence-corrected chi connectivity index (χ4v) is 3.06. The van der Waals surface area contributed by atoms with Crippen LogP contribution in [0.2, 0.25) is 5.02 Å². The number of aromatic nitrogens is 2. The largest absolute Gasteiger partial charge is 0.332 e. The van der Waals surface area contributed by atoms with E-state index >= 15 is 0 Å². The van der Waals surface area contributed by atoms with E-state index in [0.717, 1.165) is 5.56 Å². The van der Waals surface area contributed by atoms with Gasteiger partial charge in [-0.2, -0.15) is 0 Å². The summed E-state index contributed by atoms with van der Waals surface area (Å²) in [5, 5.41) is 1.08. The van der Waals surface area contributed by atoms with Crippen molar-refractivity contribution >= 4 is 46.5 Å². The van der Waals surface area contributed by atoms with Crippen LogP contribution < -0.4 is 16.4 Å². The molecule has 144 valence electrons. The number of fused-ring (bicyclic) bond motifs is 1. The van der Waals surface area contributed by atoms with Crippen LogP contribution in [-0.2, 0) is 22.6 Å². The molecule has 0 radical (unpaired) electrons. The van der Waals surface area contributed by atoms with Gasteiger partial charge < -0.3 is 4.98 Å². The normalized spacial score (nSPS) is 10.6. The van der Waals surface area contributed by atoms with E-state index in [-0.39, 0.29) is 35.6 Å². The van der Waals surface area contributed by atoms with E-state index < -0.39 is 5.91 Å². The molecule has 7 nitrogen and oxygen atoms in total. The molecule has 0 fully saturated rings. The summed E-state index contributed by atoms with van der Waals surface area (Å²) in [5.74, 6) is -0.797. The molecule has 0 saturated carbocycles. The summed E-state index contributed by atoms with van der Waals surface area (Å²) in [7, 11) is 0. The van der Waals surface area contributed by atoms with Crippen molar-refractivity contribution in [3.05, 3.63) is 74.2 Å². The summed E-state index contributed by atoms with van der Waals surface area (Å²) in [4.78, 5) is 39.4. The second kappa shape index (κ2) is 8.81. The van der Waals surface area contributed by atoms with E-state index in [1.807, 2.05) is 0 Å². The van der Waals surface area contributed by atoms with Gasteiger partial charge >= 0.3 is 0 Å². The van der Waals surface area contributed by atoms with Crippen LogP contribution in [0.15, 0.2) is 53.3 Å². The molecule has 1 heterocycles. The van der Waals surface area contributed by atoms with Gasteiger partial charge in [0.2, 0.25) is 11.8 Å². The topological polar surface area (TPSA) is 96.0 Å². The number of H-pyrrole nitrogens is 1. The standard InChI is InChI=1S/C19H17ClN4O3S/c20-13-7-5-12(6-8-13)11-17(26)23-22-16(25)9-10-24-18(27)14-3-1-2-4-15(14)21-19(24)28/h1-8H,9-11H2,(H,21,28)(H,22,25)(H,23,26). The Kier molecular flexibility index (Phi) is 6.23. The average Bonchev–Trinajstić information content (AvgIpc) is 2.68. The zero-order valence-corrected chi connectivity index (χ0v) is 16.3. The van der Waals surface area contributed by atoms with E-state index in [1.54, 1.807) is 48.5 Å². The van der Waals surface area contributed by atoms with E-state index in [9.17, 15) is 14.4 Å². The van der Waals surface area contributed by atoms with Crippen molar-refractivity contribution < 1.29 is 9.59 Å². The number of hydrogen-bond donors (Lipinski definition) is 3. The third-order valence-electron chi connectivity index (χ3n) is 4.07. The molecule has 0 saturated heterocycles. The lowest BCUT2D eigenvalue weighted by Gasteiger charge is -2.10. The Hall–Kier alpha value is -2.97. The number of benzene rings is 2. The molecule has 3 N–H and O–H groups in total. The number of carbonyl (C=O) groups is 2. The summed E-state index contributed by atoms with van der Waals surface area (Å²) >= 11 is 11.0. The SMILES string of the molecule is O=C(CCn1c(=S)[nH]c2ccccc2c1=O)NNC(=O)Cc1ccc(Cl)cc1. The maximum absolute atomic E-state index is 12.5. The lowest BCUT2D eigenvalue weighted by atomic mass is 10.1. The average molecular weight is 417 g/mol. The van der Waals surface area contributed by atoms with Crippen molar-refractivity contribution in [1.29, 1.82) is 0 Å². The summed E-state index contributed by atoms with van der Waals surface area (Å²) in [5.41, 5.74) is 5.83. The monoisotopic (exact) mass is 416 g/mol. The minimum Gasteiger partial charge on any atom is -0.332 e. The fraction of sp³-hybridized carbons (Fsp3) is 0.158. The molecule has 0 atom stereocenters. The number of nitrogens with one attached hydrogen (secondary N) is 3. The van der Waals surface area contributed by atoms with Gasteiger partial charge in [0.25, 0.3) is 5.56 Å². The molecule has 2 aromatic carbocycles. The van der Waals surface area contributed by atoms with Crippen molar-refractivity contribution in [3.63, 3.8) is 0 Å². The summed E-state index contributed by atoms with van der Waals surface area (Å²) in [6, 6.07) is 13.9. The molecule has 0 bridgehead atoms. The van der Waals surface area contributed by atoms with Gasteiger partial charge in [-0.25, -0.2) is 0 Å². The highest BCUT2D eigenvalue weighted by Gasteiger charge is 2.09. The van der Waals surface area contributed by atoms with Crippen molar-refractivity contribution in [2.24, 2.45) is 0 Å². The second-order valence-corrected chi connectivity index (χ2v) is 6.91. The first-order chi connectivity index (χ1) is 13.4. The van der Waals surface area contributed by atoms with Gasteiger partial charge in [0.1, 0.15) is 0 Å². The predicted octanol–water partition coefficient (Wildman–Crippen LogP) is 2.49. The molecule has 0 unspecified atom stereocenters. The number of hydrogen-bond acceptors (Lipinski definition) is 4. The zero-order valence-electron chi connectivity index (χ0n) is 14.7. The number of hydrazine groups is 1. The molecule has 0 aliphatic carbocycles. The number of rotatable bonds is 5. The van der Waals surface area contributed by atoms with Crippen LogP contribution >= 0.6 is 23.8 Å². The smallest absolute Gasteiger partial charge is 0.262 e. The first-order valence-electron chi connectivity index (χ1n) is 8.48. The maximum atomic E-state index is 12.5. The summed E-state index contributed by atoms with van der Waals surface area (Å²) in [6.45, 7) is 0.0951. The summed E-state index contributed by atoms with van der Waals surface area (Å²) in [6.07, 6.45) is 0.0871. The van der Waals surface area contributed by atoms with Gasteiger partial charge in [-0.1, -0.05) is 35.9 Å². The Bertz CT molecular complexity index is 1140. The number of carbonyl (C=O) groups excluding carboxylic acids is 2. The van der Waals surface area contributed by atoms with Gasteiger partial charge in [0.15, 0.2) is 4.77 Å². The fourth-order valence-electron chi connectivity index (χ4n) is 2.65. The Morgan fingerprint density at radius 1 is 1.04 bits per heavy atom. The quantitative estimate of drug-likeness (QED) is 0.440. The molecule has 3 rings (SSSR count). The first-order valence-corrected chi connectivity index (χ1v) is 9.26. The molecule has 2 amide bonds. The molecular weight excluding hydrogens is 400 g/mol. The molecule has 3 aromatic rings. The highest BCUT2D eigenvalue weighted by molar-refractivity contribution is 7.71. The van der Waals surface area contributed by atoms with Crippen molar-refractivity contribution in [1.82, 2.24) is 20.4 Å². The van der Waals surface area contributed by atoms with Crippen LogP contribution in [0.5, 0.6) is 0 Å². The lowest BCUT2D eigenvalue weighted by Crippen LogP contribution is -2.42. The van der Waals surface area contributed by atoms with Crippen LogP contribution in [0.25, 0.3) is 10.9 Å². The highest BCUT2D eigenvalue weighted by atomic mass is 35.5. The minimum absolute atomic E-state index is 0.0169. The number of halogens is 1. The third kappa shape index (κ3) is 4.85. The van der Waals surface area contributed by atoms with Gasteiger partial charge in [-0.3, -0.25) is 29.8 Å². The number of para-hydroxylation sites is 1. The number of amides is 2. The van der Waals surface area contributed by atoms with Gasteiger partial charge in [0, 0.05) is 18.0 Å². The third-order valence-corrected chi connectivity index (χ3v) is 4.65. The van der Waals surface area contributed by atoms with Crippen molar-refractivity contribution in [2.75, 3.05) is 0 Å². The molecule has 0 spiro atoms. The predicted molar refractivity (Wildman–Crippen MR) is 109 cm³/mol. The van der Waals surface area contributed by atoms with Crippen LogP contribution in [0.4, 0.5) is 0 Å². The number of nitrogens with zero attached hydrogens (tertiary/aromatic N) is 1. The van der Waals surface area contributed by atoms with Gasteiger partial charge in [-0.15, -0.1) is 0 Å². The Labute approximate surface area is 170 Å². The zero-order chi connectivity index (χ0) is 20.1. The molecule has 28 heavy (non-hydrogen) atoms. The van der Waals surface area contributed by atoms with Crippen LogP contribution in [0.1, 0.15) is 12.0 Å². The van der Waals surface area contributed by atoms with Crippen LogP contribution in [0.3, 0.4) is 0 Å². The second-order valence-electron chi connectivity index (χ2n) is 6.08. The summed E-state index contributed by atoms with van der Waals surface area (Å²) < 4.78 is 1.57.